The summed E-state index contributed by atoms with van der Waals surface area (Å²) in [5, 5.41) is 3.59. The average molecular weight is 535 g/mol. The van der Waals surface area contributed by atoms with Crippen LogP contribution in [0, 0.1) is 19.7 Å². The lowest BCUT2D eigenvalue weighted by molar-refractivity contribution is -0.121. The van der Waals surface area contributed by atoms with Gasteiger partial charge in [0, 0.05) is 27.8 Å². The Hall–Kier alpha value is -3.67. The number of halogens is 3. The largest absolute Gasteiger partial charge is 0.323 e. The molecule has 37 heavy (non-hydrogen) atoms. The lowest BCUT2D eigenvalue weighted by atomic mass is 10.0. The van der Waals surface area contributed by atoms with E-state index in [2.05, 4.69) is 5.32 Å². The first-order chi connectivity index (χ1) is 17.8. The number of rotatable bonds is 7. The number of carbonyl (C=O) groups excluding carboxylic acids is 2. The summed E-state index contributed by atoms with van der Waals surface area (Å²) in [4.78, 5) is 29.2. The maximum Gasteiger partial charge on any atom is 0.258 e. The van der Waals surface area contributed by atoms with Crippen LogP contribution >= 0.6 is 23.2 Å². The van der Waals surface area contributed by atoms with Crippen LogP contribution < -0.4 is 5.32 Å². The maximum absolute atomic E-state index is 14.8. The normalized spacial score (nSPS) is 11.6. The molecule has 0 aliphatic carbocycles. The third-order valence-corrected chi connectivity index (χ3v) is 6.67. The Morgan fingerprint density at radius 2 is 1.51 bits per heavy atom. The quantitative estimate of drug-likeness (QED) is 0.263. The highest BCUT2D eigenvalue weighted by Crippen LogP contribution is 2.34. The topological polar surface area (TPSA) is 49.4 Å². The van der Waals surface area contributed by atoms with E-state index in [1.54, 1.807) is 18.2 Å². The van der Waals surface area contributed by atoms with Crippen LogP contribution in [0.2, 0.25) is 10.0 Å². The van der Waals surface area contributed by atoms with Crippen LogP contribution in [0.4, 0.5) is 10.1 Å². The predicted octanol–water partition coefficient (Wildman–Crippen LogP) is 7.77. The number of nitrogens with zero attached hydrogens (tertiary/aromatic N) is 1. The Kier molecular flexibility index (Phi) is 8.27. The molecule has 0 radical (unpaired) electrons. The molecule has 0 fully saturated rings. The summed E-state index contributed by atoms with van der Waals surface area (Å²) in [6.45, 7) is 3.82. The third kappa shape index (κ3) is 6.01. The van der Waals surface area contributed by atoms with E-state index in [9.17, 15) is 14.0 Å². The zero-order valence-corrected chi connectivity index (χ0v) is 21.9. The van der Waals surface area contributed by atoms with Gasteiger partial charge in [-0.3, -0.25) is 9.59 Å². The molecule has 4 nitrogen and oxygen atoms in total. The number of anilines is 1. The van der Waals surface area contributed by atoms with Gasteiger partial charge in [0.25, 0.3) is 11.8 Å². The number of amides is 2. The Morgan fingerprint density at radius 3 is 2.16 bits per heavy atom. The monoisotopic (exact) mass is 534 g/mol. The number of benzene rings is 4. The van der Waals surface area contributed by atoms with Crippen LogP contribution in [0.1, 0.15) is 38.7 Å². The maximum atomic E-state index is 14.8. The Labute approximate surface area is 225 Å². The minimum absolute atomic E-state index is 0.0395. The average Bonchev–Trinajstić information content (AvgIpc) is 2.87. The van der Waals surface area contributed by atoms with E-state index in [1.165, 1.54) is 29.2 Å². The van der Waals surface area contributed by atoms with Crippen LogP contribution in [0.3, 0.4) is 0 Å². The number of nitrogens with one attached hydrogen (secondary N) is 1. The molecule has 0 aliphatic rings. The van der Waals surface area contributed by atoms with Gasteiger partial charge in [-0.2, -0.15) is 0 Å². The molecule has 4 rings (SSSR count). The van der Waals surface area contributed by atoms with E-state index in [0.29, 0.717) is 16.3 Å². The first-order valence-corrected chi connectivity index (χ1v) is 12.4. The van der Waals surface area contributed by atoms with E-state index < -0.39 is 23.7 Å². The van der Waals surface area contributed by atoms with Crippen molar-refractivity contribution in [3.63, 3.8) is 0 Å². The van der Waals surface area contributed by atoms with Crippen molar-refractivity contribution in [1.82, 2.24) is 4.90 Å². The van der Waals surface area contributed by atoms with Gasteiger partial charge < -0.3 is 10.2 Å². The van der Waals surface area contributed by atoms with E-state index in [1.807, 2.05) is 62.4 Å². The first-order valence-electron chi connectivity index (χ1n) is 11.7. The Bertz CT molecular complexity index is 1420. The smallest absolute Gasteiger partial charge is 0.258 e. The van der Waals surface area contributed by atoms with Gasteiger partial charge in [-0.05, 0) is 54.8 Å². The molecule has 4 aromatic carbocycles. The van der Waals surface area contributed by atoms with Gasteiger partial charge >= 0.3 is 0 Å². The minimum atomic E-state index is -1.18. The molecular weight excluding hydrogens is 510 g/mol. The van der Waals surface area contributed by atoms with E-state index in [4.69, 9.17) is 23.2 Å². The lowest BCUT2D eigenvalue weighted by Gasteiger charge is -2.32. The molecule has 0 bridgehead atoms. The Morgan fingerprint density at radius 1 is 0.865 bits per heavy atom. The second-order valence-electron chi connectivity index (χ2n) is 8.72. The van der Waals surface area contributed by atoms with Crippen molar-refractivity contribution in [2.45, 2.75) is 26.4 Å². The molecule has 0 saturated carbocycles. The van der Waals surface area contributed by atoms with Crippen molar-refractivity contribution in [3.05, 3.63) is 135 Å². The highest BCUT2D eigenvalue weighted by atomic mass is 35.5. The van der Waals surface area contributed by atoms with Gasteiger partial charge in [0.15, 0.2) is 0 Å². The lowest BCUT2D eigenvalue weighted by Crippen LogP contribution is -2.41. The second-order valence-corrected chi connectivity index (χ2v) is 9.57. The fourth-order valence-corrected chi connectivity index (χ4v) is 4.74. The van der Waals surface area contributed by atoms with Crippen LogP contribution in [0.25, 0.3) is 0 Å². The standard InChI is InChI=1S/C30H25Cl2FN2O2/c1-19-9-8-10-20(2)27(19)34-29(36)28(23-16-15-22(31)17-25(23)32)35(18-21-11-4-3-5-12-21)30(37)24-13-6-7-14-26(24)33/h3-17,28H,18H2,1-2H3,(H,34,36). The van der Waals surface area contributed by atoms with Gasteiger partial charge in [-0.25, -0.2) is 4.39 Å². The number of hydrogen-bond acceptors (Lipinski definition) is 2. The van der Waals surface area contributed by atoms with Gasteiger partial charge in [0.05, 0.1) is 5.56 Å². The fourth-order valence-electron chi connectivity index (χ4n) is 4.23. The van der Waals surface area contributed by atoms with Crippen LogP contribution in [-0.4, -0.2) is 16.7 Å². The summed E-state index contributed by atoms with van der Waals surface area (Å²) < 4.78 is 14.8. The summed E-state index contributed by atoms with van der Waals surface area (Å²) in [7, 11) is 0. The van der Waals surface area contributed by atoms with Gasteiger partial charge in [-0.15, -0.1) is 0 Å². The summed E-state index contributed by atoms with van der Waals surface area (Å²) in [6, 6.07) is 24.1. The van der Waals surface area contributed by atoms with Crippen molar-refractivity contribution in [2.24, 2.45) is 0 Å². The molecule has 7 heteroatoms. The molecule has 0 aliphatic heterocycles. The van der Waals surface area contributed by atoms with Crippen molar-refractivity contribution in [2.75, 3.05) is 5.32 Å². The molecule has 1 atom stereocenters. The summed E-state index contributed by atoms with van der Waals surface area (Å²) in [6.07, 6.45) is 0. The van der Waals surface area contributed by atoms with E-state index in [0.717, 1.165) is 16.7 Å². The zero-order chi connectivity index (χ0) is 26.5. The molecule has 2 amide bonds. The SMILES string of the molecule is Cc1cccc(C)c1NC(=O)C(c1ccc(Cl)cc1Cl)N(Cc1ccccc1)C(=O)c1ccccc1F. The highest BCUT2D eigenvalue weighted by Gasteiger charge is 2.35. The number of para-hydroxylation sites is 1. The third-order valence-electron chi connectivity index (χ3n) is 6.11. The molecule has 1 unspecified atom stereocenters. The molecule has 1 N–H and O–H groups in total. The summed E-state index contributed by atoms with van der Waals surface area (Å²) in [5.41, 5.74) is 3.36. The van der Waals surface area contributed by atoms with E-state index >= 15 is 0 Å². The predicted molar refractivity (Wildman–Crippen MR) is 146 cm³/mol. The highest BCUT2D eigenvalue weighted by molar-refractivity contribution is 6.35. The molecular formula is C30H25Cl2FN2O2. The van der Waals surface area contributed by atoms with Crippen molar-refractivity contribution in [1.29, 1.82) is 0 Å². The second kappa shape index (κ2) is 11.6. The van der Waals surface area contributed by atoms with Crippen molar-refractivity contribution in [3.8, 4) is 0 Å². The number of carbonyl (C=O) groups is 2. The van der Waals surface area contributed by atoms with Gasteiger partial charge in [-0.1, -0.05) is 89.9 Å². The summed E-state index contributed by atoms with van der Waals surface area (Å²) in [5.74, 6) is -1.81. The summed E-state index contributed by atoms with van der Waals surface area (Å²) >= 11 is 12.7. The fraction of sp³-hybridized carbons (Fsp3) is 0.133. The Balaban J connectivity index is 1.87. The van der Waals surface area contributed by atoms with Crippen LogP contribution in [0.5, 0.6) is 0 Å². The van der Waals surface area contributed by atoms with E-state index in [-0.39, 0.29) is 17.1 Å². The molecule has 0 spiro atoms. The molecule has 0 aromatic heterocycles. The van der Waals surface area contributed by atoms with Crippen molar-refractivity contribution < 1.29 is 14.0 Å². The molecule has 188 valence electrons. The van der Waals surface area contributed by atoms with Crippen LogP contribution in [-0.2, 0) is 11.3 Å². The molecule has 4 aromatic rings. The first kappa shape index (κ1) is 26.4. The minimum Gasteiger partial charge on any atom is -0.323 e. The zero-order valence-electron chi connectivity index (χ0n) is 20.3. The number of hydrogen-bond donors (Lipinski definition) is 1. The van der Waals surface area contributed by atoms with Gasteiger partial charge in [0.2, 0.25) is 0 Å². The van der Waals surface area contributed by atoms with Gasteiger partial charge in [0.1, 0.15) is 11.9 Å². The number of aryl methyl sites for hydroxylation is 2. The van der Waals surface area contributed by atoms with Crippen molar-refractivity contribution >= 4 is 40.7 Å². The molecule has 0 saturated heterocycles. The molecule has 0 heterocycles. The van der Waals surface area contributed by atoms with Crippen LogP contribution in [0.15, 0.2) is 91.0 Å².